The van der Waals surface area contributed by atoms with E-state index in [0.29, 0.717) is 32.7 Å². The molecule has 0 aromatic heterocycles. The van der Waals surface area contributed by atoms with E-state index in [9.17, 15) is 4.79 Å². The molecule has 6 rings (SSSR count). The van der Waals surface area contributed by atoms with Crippen LogP contribution in [-0.4, -0.2) is 43.3 Å². The van der Waals surface area contributed by atoms with Crippen molar-refractivity contribution >= 4 is 6.09 Å². The van der Waals surface area contributed by atoms with Crippen LogP contribution in [0.1, 0.15) is 61.8 Å². The number of fused-ring (bicyclic) bond motifs is 2. The Kier molecular flexibility index (Phi) is 5.45. The van der Waals surface area contributed by atoms with Crippen LogP contribution in [0, 0.1) is 11.3 Å². The normalized spacial score (nSPS) is 20.7. The van der Waals surface area contributed by atoms with E-state index < -0.39 is 5.60 Å². The van der Waals surface area contributed by atoms with Crippen molar-refractivity contribution in [1.29, 1.82) is 0 Å². The third-order valence-electron chi connectivity index (χ3n) is 7.56. The van der Waals surface area contributed by atoms with Gasteiger partial charge in [-0.2, -0.15) is 0 Å². The average Bonchev–Trinajstić information content (AvgIpc) is 2.78. The molecule has 2 aromatic carbocycles. The molecule has 1 amide bonds. The summed E-state index contributed by atoms with van der Waals surface area (Å²) in [4.78, 5) is 14.3. The van der Waals surface area contributed by atoms with Gasteiger partial charge in [0.15, 0.2) is 13.6 Å². The molecule has 4 aliphatic rings. The van der Waals surface area contributed by atoms with E-state index in [2.05, 4.69) is 36.4 Å². The molecule has 7 heteroatoms. The molecule has 2 aromatic rings. The van der Waals surface area contributed by atoms with Crippen LogP contribution in [0.2, 0.25) is 0 Å². The first-order valence-electron chi connectivity index (χ1n) is 12.4. The molecule has 0 atom stereocenters. The van der Waals surface area contributed by atoms with E-state index in [0.717, 1.165) is 48.6 Å². The van der Waals surface area contributed by atoms with Gasteiger partial charge in [0.05, 0.1) is 13.2 Å². The monoisotopic (exact) mass is 479 g/mol. The highest BCUT2D eigenvalue weighted by atomic mass is 16.7. The molecule has 1 spiro atoms. The Morgan fingerprint density at radius 1 is 0.943 bits per heavy atom. The smallest absolute Gasteiger partial charge is 0.410 e. The summed E-state index contributed by atoms with van der Waals surface area (Å²) in [6.45, 7) is 9.04. The lowest BCUT2D eigenvalue weighted by Crippen LogP contribution is -2.64. The van der Waals surface area contributed by atoms with Crippen molar-refractivity contribution in [3.05, 3.63) is 58.7 Å². The van der Waals surface area contributed by atoms with Crippen molar-refractivity contribution in [2.75, 3.05) is 26.7 Å². The number of nitrogens with zero attached hydrogens (tertiary/aromatic N) is 1. The number of hydrogen-bond acceptors (Lipinski definition) is 6. The van der Waals surface area contributed by atoms with Crippen molar-refractivity contribution in [3.63, 3.8) is 0 Å². The van der Waals surface area contributed by atoms with E-state index in [4.69, 9.17) is 23.7 Å². The van der Waals surface area contributed by atoms with Crippen LogP contribution in [0.15, 0.2) is 36.4 Å². The zero-order valence-corrected chi connectivity index (χ0v) is 20.7. The first-order valence-corrected chi connectivity index (χ1v) is 12.4. The van der Waals surface area contributed by atoms with Gasteiger partial charge in [-0.25, -0.2) is 4.79 Å². The van der Waals surface area contributed by atoms with Crippen molar-refractivity contribution < 1.29 is 28.5 Å². The maximum Gasteiger partial charge on any atom is 0.410 e. The molecular weight excluding hydrogens is 446 g/mol. The van der Waals surface area contributed by atoms with Gasteiger partial charge in [-0.3, -0.25) is 0 Å². The molecule has 3 aliphatic heterocycles. The minimum absolute atomic E-state index is 0.201. The Labute approximate surface area is 206 Å². The predicted molar refractivity (Wildman–Crippen MR) is 128 cm³/mol. The molecule has 1 saturated heterocycles. The van der Waals surface area contributed by atoms with Crippen molar-refractivity contribution in [3.8, 4) is 11.5 Å². The minimum atomic E-state index is -0.465. The van der Waals surface area contributed by atoms with Crippen LogP contribution in [0.4, 0.5) is 4.79 Å². The van der Waals surface area contributed by atoms with Gasteiger partial charge >= 0.3 is 6.09 Å². The molecule has 2 fully saturated rings. The molecule has 0 unspecified atom stereocenters. The number of likely N-dealkylation sites (tertiary alicyclic amines) is 1. The quantitative estimate of drug-likeness (QED) is 0.603. The molecule has 7 nitrogen and oxygen atoms in total. The lowest BCUT2D eigenvalue weighted by molar-refractivity contribution is -0.0982. The van der Waals surface area contributed by atoms with Crippen LogP contribution in [0.25, 0.3) is 0 Å². The summed E-state index contributed by atoms with van der Waals surface area (Å²) in [6, 6.07) is 13.0. The van der Waals surface area contributed by atoms with Gasteiger partial charge in [0.25, 0.3) is 0 Å². The summed E-state index contributed by atoms with van der Waals surface area (Å²) >= 11 is 0. The fraction of sp³-hybridized carbons (Fsp3) is 0.536. The number of amides is 1. The number of ether oxygens (including phenoxy) is 5. The van der Waals surface area contributed by atoms with Crippen LogP contribution in [0.5, 0.6) is 11.5 Å². The van der Waals surface area contributed by atoms with Gasteiger partial charge in [0, 0.05) is 35.5 Å². The van der Waals surface area contributed by atoms with E-state index in [1.165, 1.54) is 11.1 Å². The van der Waals surface area contributed by atoms with Gasteiger partial charge in [-0.15, -0.1) is 0 Å². The summed E-state index contributed by atoms with van der Waals surface area (Å²) in [6.07, 6.45) is 1.98. The van der Waals surface area contributed by atoms with Crippen LogP contribution in [-0.2, 0) is 27.4 Å². The third kappa shape index (κ3) is 4.36. The Balaban J connectivity index is 1.23. The highest BCUT2D eigenvalue weighted by Crippen LogP contribution is 2.58. The fourth-order valence-electron chi connectivity index (χ4n) is 6.11. The summed E-state index contributed by atoms with van der Waals surface area (Å²) in [5.41, 5.74) is 4.49. The maximum atomic E-state index is 12.5. The second kappa shape index (κ2) is 8.42. The van der Waals surface area contributed by atoms with Crippen molar-refractivity contribution in [1.82, 2.24) is 4.90 Å². The molecule has 1 saturated carbocycles. The number of rotatable bonds is 3. The molecule has 3 heterocycles. The maximum absolute atomic E-state index is 12.5. The van der Waals surface area contributed by atoms with E-state index in [1.54, 1.807) is 0 Å². The number of hydrogen-bond donors (Lipinski definition) is 0. The molecule has 0 radical (unpaired) electrons. The van der Waals surface area contributed by atoms with Crippen LogP contribution in [0.3, 0.4) is 0 Å². The van der Waals surface area contributed by atoms with Crippen molar-refractivity contribution in [2.45, 2.75) is 58.3 Å². The van der Waals surface area contributed by atoms with Crippen molar-refractivity contribution in [2.24, 2.45) is 11.3 Å². The summed E-state index contributed by atoms with van der Waals surface area (Å²) < 4.78 is 28.0. The summed E-state index contributed by atoms with van der Waals surface area (Å²) in [5.74, 6) is 2.55. The highest BCUT2D eigenvalue weighted by Gasteiger charge is 2.56. The molecule has 0 bridgehead atoms. The second-order valence-corrected chi connectivity index (χ2v) is 11.4. The number of carbonyl (C=O) groups excluding carboxylic acids is 1. The van der Waals surface area contributed by atoms with E-state index in [-0.39, 0.29) is 17.4 Å². The Hall–Kier alpha value is -2.77. The van der Waals surface area contributed by atoms with Gasteiger partial charge in [0.1, 0.15) is 17.1 Å². The largest absolute Gasteiger partial charge is 0.467 e. The predicted octanol–water partition coefficient (Wildman–Crippen LogP) is 5.20. The molecule has 0 N–H and O–H groups in total. The Morgan fingerprint density at radius 3 is 2.00 bits per heavy atom. The molecule has 35 heavy (non-hydrogen) atoms. The van der Waals surface area contributed by atoms with E-state index in [1.807, 2.05) is 25.7 Å². The highest BCUT2D eigenvalue weighted by molar-refractivity contribution is 5.69. The Morgan fingerprint density at radius 2 is 1.49 bits per heavy atom. The standard InChI is InChI=1S/C28H33NO6/c1-27(2,3)35-26(30)29-14-28(15-29)10-22(11-28)25(18-4-6-23-20(8-18)12-31-16-33-23)19-5-7-24-21(9-19)13-32-17-34-24/h4-9,22,25H,10-17H2,1-3H3. The number of carbonyl (C=O) groups is 1. The Bertz CT molecular complexity index is 1070. The van der Waals surface area contributed by atoms with Crippen LogP contribution < -0.4 is 9.47 Å². The van der Waals surface area contributed by atoms with Crippen LogP contribution >= 0.6 is 0 Å². The zero-order chi connectivity index (χ0) is 24.2. The lowest BCUT2D eigenvalue weighted by Gasteiger charge is -2.60. The molecule has 1 aliphatic carbocycles. The van der Waals surface area contributed by atoms with Gasteiger partial charge in [-0.05, 0) is 74.9 Å². The number of benzene rings is 2. The summed E-state index contributed by atoms with van der Waals surface area (Å²) in [7, 11) is 0. The third-order valence-corrected chi connectivity index (χ3v) is 7.56. The molecule has 186 valence electrons. The second-order valence-electron chi connectivity index (χ2n) is 11.4. The lowest BCUT2D eigenvalue weighted by atomic mass is 9.53. The fourth-order valence-corrected chi connectivity index (χ4v) is 6.11. The SMILES string of the molecule is CC(C)(C)OC(=O)N1CC2(CC(C(c3ccc4c(c3)COCO4)c3ccc4c(c3)COCO4)C2)C1. The van der Waals surface area contributed by atoms with Gasteiger partial charge in [-0.1, -0.05) is 12.1 Å². The average molecular weight is 480 g/mol. The first-order chi connectivity index (χ1) is 16.8. The minimum Gasteiger partial charge on any atom is -0.467 e. The topological polar surface area (TPSA) is 66.5 Å². The first kappa shape index (κ1) is 22.7. The zero-order valence-electron chi connectivity index (χ0n) is 20.7. The molecular formula is C28H33NO6. The van der Waals surface area contributed by atoms with Gasteiger partial charge < -0.3 is 28.6 Å². The summed E-state index contributed by atoms with van der Waals surface area (Å²) in [5, 5.41) is 0. The van der Waals surface area contributed by atoms with Gasteiger partial charge in [0.2, 0.25) is 0 Å². The van der Waals surface area contributed by atoms with E-state index >= 15 is 0 Å².